The summed E-state index contributed by atoms with van der Waals surface area (Å²) in [7, 11) is 4.06. The Morgan fingerprint density at radius 3 is 2.65 bits per heavy atom. The zero-order valence-electron chi connectivity index (χ0n) is 22.2. The molecule has 1 aliphatic carbocycles. The van der Waals surface area contributed by atoms with Crippen molar-refractivity contribution in [2.24, 2.45) is 0 Å². The minimum Gasteiger partial charge on any atom is -0.445 e. The van der Waals surface area contributed by atoms with Gasteiger partial charge in [-0.15, -0.1) is 0 Å². The van der Waals surface area contributed by atoms with Gasteiger partial charge in [-0.2, -0.15) is 0 Å². The van der Waals surface area contributed by atoms with Crippen molar-refractivity contribution in [2.45, 2.75) is 56.3 Å². The number of nitrogens with one attached hydrogen (secondary N) is 1. The van der Waals surface area contributed by atoms with Gasteiger partial charge in [0.2, 0.25) is 0 Å². The smallest absolute Gasteiger partial charge is 0.407 e. The predicted molar refractivity (Wildman–Crippen MR) is 142 cm³/mol. The molecule has 1 aliphatic heterocycles. The number of amides is 1. The van der Waals surface area contributed by atoms with Crippen molar-refractivity contribution in [3.63, 3.8) is 0 Å². The van der Waals surface area contributed by atoms with Crippen LogP contribution in [-0.4, -0.2) is 62.0 Å². The molecule has 0 radical (unpaired) electrons. The highest BCUT2D eigenvalue weighted by Gasteiger charge is 2.62. The van der Waals surface area contributed by atoms with E-state index in [2.05, 4.69) is 25.0 Å². The summed E-state index contributed by atoms with van der Waals surface area (Å²) in [5.74, 6) is 0.173. The summed E-state index contributed by atoms with van der Waals surface area (Å²) in [5, 5.41) is 3.13. The molecule has 7 heteroatoms. The number of hydrogen-bond acceptors (Lipinski definition) is 5. The van der Waals surface area contributed by atoms with E-state index in [0.29, 0.717) is 12.2 Å². The van der Waals surface area contributed by atoms with Crippen molar-refractivity contribution in [3.8, 4) is 5.75 Å². The SMILES string of the molecule is C=CC[N@@+]1(C)CC[C@@]2(c3cccc(OC(C)=O)c3)C[C@@H](NC(=O)OCc3ccccc3)CCC2(OC)C1. The van der Waals surface area contributed by atoms with Gasteiger partial charge >= 0.3 is 12.1 Å². The fraction of sp³-hybridized carbons (Fsp3) is 0.467. The average Bonchev–Trinajstić information content (AvgIpc) is 2.88. The maximum Gasteiger partial charge on any atom is 0.407 e. The molecule has 2 fully saturated rings. The van der Waals surface area contributed by atoms with E-state index in [-0.39, 0.29) is 24.0 Å². The number of methoxy groups -OCH3 is 1. The van der Waals surface area contributed by atoms with Crippen molar-refractivity contribution < 1.29 is 28.3 Å². The number of benzene rings is 2. The number of hydrogen-bond donors (Lipinski definition) is 1. The fourth-order valence-electron chi connectivity index (χ4n) is 6.50. The summed E-state index contributed by atoms with van der Waals surface area (Å²) in [6.07, 6.45) is 4.72. The number of ether oxygens (including phenoxy) is 3. The van der Waals surface area contributed by atoms with Crippen LogP contribution in [0, 0.1) is 0 Å². The lowest BCUT2D eigenvalue weighted by Gasteiger charge is -2.61. The Morgan fingerprint density at radius 2 is 1.95 bits per heavy atom. The molecular weight excluding hydrogens is 468 g/mol. The van der Waals surface area contributed by atoms with Gasteiger partial charge in [0.15, 0.2) is 0 Å². The van der Waals surface area contributed by atoms with E-state index in [1.165, 1.54) is 6.92 Å². The second-order valence-electron chi connectivity index (χ2n) is 10.8. The van der Waals surface area contributed by atoms with Crippen LogP contribution in [0.2, 0.25) is 0 Å². The highest BCUT2D eigenvalue weighted by Crippen LogP contribution is 2.54. The maximum atomic E-state index is 12.8. The molecular formula is C30H39N2O5+. The van der Waals surface area contributed by atoms with E-state index < -0.39 is 11.7 Å². The van der Waals surface area contributed by atoms with Crippen LogP contribution in [0.5, 0.6) is 5.75 Å². The number of likely N-dealkylation sites (N-methyl/N-ethyl adjacent to an activating group) is 1. The monoisotopic (exact) mass is 507 g/mol. The Balaban J connectivity index is 1.61. The van der Waals surface area contributed by atoms with E-state index in [9.17, 15) is 9.59 Å². The molecule has 4 atom stereocenters. The minimum atomic E-state index is -0.440. The van der Waals surface area contributed by atoms with Crippen molar-refractivity contribution in [1.29, 1.82) is 0 Å². The summed E-state index contributed by atoms with van der Waals surface area (Å²) >= 11 is 0. The van der Waals surface area contributed by atoms with Gasteiger partial charge in [-0.1, -0.05) is 49.0 Å². The molecule has 4 rings (SSSR count). The number of rotatable bonds is 8. The third-order valence-corrected chi connectivity index (χ3v) is 8.22. The zero-order valence-corrected chi connectivity index (χ0v) is 22.2. The van der Waals surface area contributed by atoms with Crippen LogP contribution in [0.25, 0.3) is 0 Å². The van der Waals surface area contributed by atoms with E-state index in [1.807, 2.05) is 48.5 Å². The number of carbonyl (C=O) groups excluding carboxylic acids is 2. The van der Waals surface area contributed by atoms with E-state index >= 15 is 0 Å². The van der Waals surface area contributed by atoms with Gasteiger partial charge in [-0.05, 0) is 48.6 Å². The number of quaternary nitrogens is 1. The van der Waals surface area contributed by atoms with Crippen LogP contribution in [0.1, 0.15) is 43.7 Å². The number of likely N-dealkylation sites (tertiary alicyclic amines) is 1. The van der Waals surface area contributed by atoms with Gasteiger partial charge in [0.25, 0.3) is 0 Å². The number of piperidine rings is 1. The Bertz CT molecular complexity index is 1120. The largest absolute Gasteiger partial charge is 0.445 e. The topological polar surface area (TPSA) is 73.9 Å². The molecule has 198 valence electrons. The molecule has 2 aromatic carbocycles. The van der Waals surface area contributed by atoms with Crippen molar-refractivity contribution in [1.82, 2.24) is 5.32 Å². The maximum absolute atomic E-state index is 12.8. The quantitative estimate of drug-likeness (QED) is 0.242. The van der Waals surface area contributed by atoms with Gasteiger partial charge in [0.05, 0.1) is 20.1 Å². The number of nitrogens with zero attached hydrogens (tertiary/aromatic N) is 1. The molecule has 1 saturated carbocycles. The van der Waals surface area contributed by atoms with Gasteiger partial charge < -0.3 is 24.0 Å². The molecule has 7 nitrogen and oxygen atoms in total. The third-order valence-electron chi connectivity index (χ3n) is 8.22. The van der Waals surface area contributed by atoms with Gasteiger partial charge in [-0.25, -0.2) is 4.79 Å². The molecule has 1 unspecified atom stereocenters. The standard InChI is InChI=1S/C30H38N2O5/c1-5-17-32(3)18-16-29(25-12-9-13-27(19-25)37-23(2)33)20-26(14-15-30(29,22-32)35-4)31-28(34)36-21-24-10-7-6-8-11-24/h5-13,19,26H,1,14-18,20-22H2,2-4H3/p+1/t26-,29-,30?,32-/m0/s1. The molecule has 1 amide bonds. The molecule has 2 aliphatic rings. The summed E-state index contributed by atoms with van der Waals surface area (Å²) in [6.45, 7) is 8.26. The number of carbonyl (C=O) groups is 2. The molecule has 0 aromatic heterocycles. The Kier molecular flexibility index (Phi) is 8.05. The van der Waals surface area contributed by atoms with Crippen LogP contribution in [0.4, 0.5) is 4.79 Å². The normalized spacial score (nSPS) is 29.0. The van der Waals surface area contributed by atoms with Crippen LogP contribution in [-0.2, 0) is 26.3 Å². The summed E-state index contributed by atoms with van der Waals surface area (Å²) in [4.78, 5) is 24.4. The first-order valence-corrected chi connectivity index (χ1v) is 13.0. The second-order valence-corrected chi connectivity index (χ2v) is 10.8. The lowest BCUT2D eigenvalue weighted by atomic mass is 9.54. The Hall–Kier alpha value is -3.16. The molecule has 0 spiro atoms. The zero-order chi connectivity index (χ0) is 26.5. The number of esters is 1. The highest BCUT2D eigenvalue weighted by molar-refractivity contribution is 5.69. The third kappa shape index (κ3) is 5.73. The van der Waals surface area contributed by atoms with Crippen LogP contribution in [0.3, 0.4) is 0 Å². The minimum absolute atomic E-state index is 0.0693. The molecule has 2 aromatic rings. The van der Waals surface area contributed by atoms with Crippen LogP contribution >= 0.6 is 0 Å². The summed E-state index contributed by atoms with van der Waals surface area (Å²) in [6, 6.07) is 17.4. The lowest BCUT2D eigenvalue weighted by Crippen LogP contribution is -2.72. The molecule has 37 heavy (non-hydrogen) atoms. The highest BCUT2D eigenvalue weighted by atomic mass is 16.5. The van der Waals surface area contributed by atoms with Crippen molar-refractivity contribution in [2.75, 3.05) is 33.8 Å². The Labute approximate surface area is 220 Å². The molecule has 1 heterocycles. The van der Waals surface area contributed by atoms with E-state index in [0.717, 1.165) is 54.5 Å². The van der Waals surface area contributed by atoms with Crippen molar-refractivity contribution in [3.05, 3.63) is 78.4 Å². The first-order chi connectivity index (χ1) is 17.7. The van der Waals surface area contributed by atoms with E-state index in [1.54, 1.807) is 13.2 Å². The van der Waals surface area contributed by atoms with Gasteiger partial charge in [0, 0.05) is 31.9 Å². The number of alkyl carbamates (subject to hydrolysis) is 1. The second kappa shape index (κ2) is 11.1. The van der Waals surface area contributed by atoms with E-state index in [4.69, 9.17) is 14.2 Å². The molecule has 1 saturated heterocycles. The first-order valence-electron chi connectivity index (χ1n) is 13.0. The fourth-order valence-corrected chi connectivity index (χ4v) is 6.50. The molecule has 0 bridgehead atoms. The van der Waals surface area contributed by atoms with Gasteiger partial charge in [0.1, 0.15) is 24.5 Å². The molecule has 1 N–H and O–H groups in total. The van der Waals surface area contributed by atoms with Crippen LogP contribution in [0.15, 0.2) is 67.3 Å². The summed E-state index contributed by atoms with van der Waals surface area (Å²) < 4.78 is 18.3. The van der Waals surface area contributed by atoms with Crippen molar-refractivity contribution >= 4 is 12.1 Å². The summed E-state index contributed by atoms with van der Waals surface area (Å²) in [5.41, 5.74) is 1.21. The predicted octanol–water partition coefficient (Wildman–Crippen LogP) is 4.75. The average molecular weight is 508 g/mol. The van der Waals surface area contributed by atoms with Crippen LogP contribution < -0.4 is 10.1 Å². The number of fused-ring (bicyclic) bond motifs is 1. The first kappa shape index (κ1) is 26.9. The lowest BCUT2D eigenvalue weighted by molar-refractivity contribution is -0.918. The Morgan fingerprint density at radius 1 is 1.16 bits per heavy atom. The van der Waals surface area contributed by atoms with Gasteiger partial charge in [-0.3, -0.25) is 4.79 Å².